The van der Waals surface area contributed by atoms with Crippen molar-refractivity contribution in [1.29, 1.82) is 0 Å². The number of carbonyl (C=O) groups is 11. The van der Waals surface area contributed by atoms with Crippen LogP contribution in [0, 0.1) is 0 Å². The summed E-state index contributed by atoms with van der Waals surface area (Å²) in [6.45, 7) is 2.12. The zero-order chi connectivity index (χ0) is 65.7. The second-order valence-corrected chi connectivity index (χ2v) is 22.7. The highest BCUT2D eigenvalue weighted by atomic mass is 16.5. The lowest BCUT2D eigenvalue weighted by molar-refractivity contribution is -0.145. The van der Waals surface area contributed by atoms with Gasteiger partial charge in [0.05, 0.1) is 19.8 Å². The smallest absolute Gasteiger partial charge is 0.328 e. The first-order valence-electron chi connectivity index (χ1n) is 30.2. The summed E-state index contributed by atoms with van der Waals surface area (Å²) in [6.07, 6.45) is 3.06. The van der Waals surface area contributed by atoms with Crippen molar-refractivity contribution in [2.75, 3.05) is 26.8 Å². The zero-order valence-corrected chi connectivity index (χ0v) is 50.8. The number of phenols is 2. The molecule has 10 atom stereocenters. The Morgan fingerprint density at radius 3 is 1.82 bits per heavy atom. The van der Waals surface area contributed by atoms with Crippen LogP contribution >= 0.6 is 0 Å². The highest BCUT2D eigenvalue weighted by Gasteiger charge is 2.40. The largest absolute Gasteiger partial charge is 0.508 e. The van der Waals surface area contributed by atoms with Crippen LogP contribution in [0.25, 0.3) is 10.9 Å². The van der Waals surface area contributed by atoms with E-state index < -0.39 is 132 Å². The number of aliphatic hydroxyl groups excluding tert-OH is 1. The SMILES string of the molecule is COC(=O)[C@H](Cc1c[nH]c2ccccc12)NC(=O)CC[C@@H]1NC(=O)[C@H](CCCCNC(=O)[C@H](CO)NC(=O)[C@@H]2CCCN2C(=O)[C@H](Cc2ccc(O)cc2)NC(=O)[C@@H](C)NC(=O)[C@H](Cc2ccccc2)NC(=O)[C@@H](C)NC(=O)[C@@H](N)Cc2ccc(O)cc2)NC1=O. The first-order chi connectivity index (χ1) is 43.6. The van der Waals surface area contributed by atoms with Crippen molar-refractivity contribution in [1.82, 2.24) is 57.7 Å². The number of esters is 1. The molecule has 2 aliphatic heterocycles. The molecule has 15 N–H and O–H groups in total. The fourth-order valence-corrected chi connectivity index (χ4v) is 10.7. The standard InChI is InChI=1S/C64H80N12O15/c1-36(68-57(83)45(65)30-39-18-22-42(78)23-19-39)55(81)73-49(31-38-12-5-4-6-13-38)61(87)69-37(2)56(82)74-50(32-40-20-24-43(79)25-21-40)63(89)76-29-11-17-53(76)62(88)75-52(35-77)58(84)66-28-10-9-16-47-59(85)72-48(60(86)71-47)26-27-54(80)70-51(64(90)91-3)33-41-34-67-46-15-8-7-14-44(41)46/h4-8,12-15,18-25,34,36-37,45,47-53,67,77-79H,9-11,16-17,26-33,35,65H2,1-3H3,(H,66,84)(H,68,83)(H,69,87)(H,70,80)(H,71,86)(H,72,85)(H,73,81)(H,74,82)(H,75,88)/t36-,37-,45+,47+,48+,49+,50+,51+,52+,53+/m1/s1. The topological polar surface area (TPSA) is 411 Å². The van der Waals surface area contributed by atoms with E-state index in [4.69, 9.17) is 10.5 Å². The van der Waals surface area contributed by atoms with E-state index in [9.17, 15) is 68.1 Å². The average molecular weight is 1260 g/mol. The van der Waals surface area contributed by atoms with Crippen molar-refractivity contribution in [2.24, 2.45) is 5.73 Å². The molecule has 27 nitrogen and oxygen atoms in total. The lowest BCUT2D eigenvalue weighted by Gasteiger charge is -2.30. The second-order valence-electron chi connectivity index (χ2n) is 22.7. The van der Waals surface area contributed by atoms with Gasteiger partial charge in [0.25, 0.3) is 0 Å². The summed E-state index contributed by atoms with van der Waals surface area (Å²) in [5.74, 6) is -7.26. The van der Waals surface area contributed by atoms with Gasteiger partial charge < -0.3 is 83.5 Å². The Kier molecular flexibility index (Phi) is 24.9. The molecule has 91 heavy (non-hydrogen) atoms. The molecule has 1 aromatic heterocycles. The molecule has 0 spiro atoms. The van der Waals surface area contributed by atoms with Gasteiger partial charge in [-0.2, -0.15) is 0 Å². The van der Waals surface area contributed by atoms with Gasteiger partial charge in [-0.25, -0.2) is 4.79 Å². The fourth-order valence-electron chi connectivity index (χ4n) is 10.7. The number of unbranched alkanes of at least 4 members (excludes halogenated alkanes) is 1. The fraction of sp³-hybridized carbons (Fsp3) is 0.422. The summed E-state index contributed by atoms with van der Waals surface area (Å²) < 4.78 is 4.93. The van der Waals surface area contributed by atoms with E-state index >= 15 is 0 Å². The maximum absolute atomic E-state index is 14.6. The predicted octanol–water partition coefficient (Wildman–Crippen LogP) is -0.668. The van der Waals surface area contributed by atoms with Gasteiger partial charge in [0, 0.05) is 55.9 Å². The number of carbonyl (C=O) groups excluding carboxylic acids is 11. The molecular formula is C64H80N12O15. The highest BCUT2D eigenvalue weighted by Crippen LogP contribution is 2.23. The van der Waals surface area contributed by atoms with Crippen LogP contribution in [0.5, 0.6) is 11.5 Å². The van der Waals surface area contributed by atoms with Crippen LogP contribution in [-0.4, -0.2) is 177 Å². The highest BCUT2D eigenvalue weighted by molar-refractivity contribution is 5.99. The van der Waals surface area contributed by atoms with Gasteiger partial charge in [0.1, 0.15) is 65.9 Å². The molecule has 2 saturated heterocycles. The number of amides is 10. The number of aromatic amines is 1. The number of hydrogen-bond donors (Lipinski definition) is 14. The van der Waals surface area contributed by atoms with Crippen molar-refractivity contribution in [3.63, 3.8) is 0 Å². The number of nitrogens with two attached hydrogens (primary N) is 1. The Morgan fingerprint density at radius 1 is 0.615 bits per heavy atom. The molecule has 3 heterocycles. The van der Waals surface area contributed by atoms with Gasteiger partial charge in [0.2, 0.25) is 59.1 Å². The minimum atomic E-state index is -1.44. The van der Waals surface area contributed by atoms with Crippen LogP contribution in [0.15, 0.2) is 109 Å². The number of nitrogens with one attached hydrogen (secondary N) is 10. The Balaban J connectivity index is 0.875. The number of aliphatic hydroxyl groups is 1. The Bertz CT molecular complexity index is 3380. The van der Waals surface area contributed by atoms with Crippen molar-refractivity contribution in [3.8, 4) is 11.5 Å². The average Bonchev–Trinajstić information content (AvgIpc) is 1.91. The van der Waals surface area contributed by atoms with Crippen LogP contribution in [-0.2, 0) is 83.2 Å². The molecule has 0 bridgehead atoms. The first kappa shape index (κ1) is 68.6. The summed E-state index contributed by atoms with van der Waals surface area (Å²) in [4.78, 5) is 153. The van der Waals surface area contributed by atoms with E-state index in [0.29, 0.717) is 36.0 Å². The van der Waals surface area contributed by atoms with E-state index in [1.807, 2.05) is 24.3 Å². The number of hydrogen-bond acceptors (Lipinski definition) is 16. The molecule has 27 heteroatoms. The molecule has 0 radical (unpaired) electrons. The summed E-state index contributed by atoms with van der Waals surface area (Å²) >= 11 is 0. The van der Waals surface area contributed by atoms with E-state index in [1.165, 1.54) is 50.1 Å². The molecule has 0 unspecified atom stereocenters. The van der Waals surface area contributed by atoms with Gasteiger partial charge in [-0.1, -0.05) is 72.8 Å². The third-order valence-corrected chi connectivity index (χ3v) is 15.9. The minimum Gasteiger partial charge on any atom is -0.508 e. The Labute approximate surface area is 525 Å². The summed E-state index contributed by atoms with van der Waals surface area (Å²) in [6, 6.07) is 16.6. The molecule has 7 rings (SSSR count). The van der Waals surface area contributed by atoms with Crippen molar-refractivity contribution in [3.05, 3.63) is 132 Å². The maximum atomic E-state index is 14.6. The summed E-state index contributed by atoms with van der Waals surface area (Å²) in [7, 11) is 1.22. The number of likely N-dealkylation sites (tertiary alicyclic amines) is 1. The van der Waals surface area contributed by atoms with E-state index in [2.05, 4.69) is 52.8 Å². The third-order valence-electron chi connectivity index (χ3n) is 15.9. The predicted molar refractivity (Wildman–Crippen MR) is 330 cm³/mol. The maximum Gasteiger partial charge on any atom is 0.328 e. The van der Waals surface area contributed by atoms with Crippen LogP contribution < -0.4 is 53.6 Å². The van der Waals surface area contributed by atoms with Gasteiger partial charge in [-0.3, -0.25) is 47.9 Å². The second kappa shape index (κ2) is 33.1. The number of aromatic hydroxyl groups is 2. The number of aromatic nitrogens is 1. The van der Waals surface area contributed by atoms with Crippen molar-refractivity contribution < 1.29 is 72.8 Å². The number of piperazine rings is 1. The monoisotopic (exact) mass is 1260 g/mol. The number of fused-ring (bicyclic) bond motifs is 1. The number of ether oxygens (including phenoxy) is 1. The number of nitrogens with zero attached hydrogens (tertiary/aromatic N) is 1. The molecule has 0 aliphatic carbocycles. The Hall–Kier alpha value is -9.89. The van der Waals surface area contributed by atoms with E-state index in [0.717, 1.165) is 16.5 Å². The van der Waals surface area contributed by atoms with Crippen LogP contribution in [0.3, 0.4) is 0 Å². The summed E-state index contributed by atoms with van der Waals surface area (Å²) in [5.41, 5.74) is 9.63. The molecule has 2 aliphatic rings. The van der Waals surface area contributed by atoms with E-state index in [1.54, 1.807) is 60.8 Å². The molecule has 5 aromatic rings. The number of phenolic OH excluding ortho intramolecular Hbond substituents is 2. The van der Waals surface area contributed by atoms with Gasteiger partial charge in [0.15, 0.2) is 0 Å². The van der Waals surface area contributed by atoms with Gasteiger partial charge in [-0.05, 0) is 111 Å². The van der Waals surface area contributed by atoms with Crippen LogP contribution in [0.4, 0.5) is 0 Å². The van der Waals surface area contributed by atoms with Gasteiger partial charge in [-0.15, -0.1) is 0 Å². The summed E-state index contributed by atoms with van der Waals surface area (Å²) in [5, 5.41) is 54.5. The first-order valence-corrected chi connectivity index (χ1v) is 30.2. The molecule has 0 saturated carbocycles. The third kappa shape index (κ3) is 19.8. The quantitative estimate of drug-likeness (QED) is 0.0193. The number of benzene rings is 4. The molecule has 2 fully saturated rings. The van der Waals surface area contributed by atoms with Gasteiger partial charge >= 0.3 is 5.97 Å². The normalized spacial score (nSPS) is 17.7. The minimum absolute atomic E-state index is 0.0235. The van der Waals surface area contributed by atoms with E-state index in [-0.39, 0.29) is 76.0 Å². The van der Waals surface area contributed by atoms with Crippen molar-refractivity contribution in [2.45, 2.75) is 145 Å². The molecule has 4 aromatic carbocycles. The number of para-hydroxylation sites is 1. The number of methoxy groups -OCH3 is 1. The van der Waals surface area contributed by atoms with Crippen LogP contribution in [0.1, 0.15) is 81.0 Å². The molecule has 486 valence electrons. The lowest BCUT2D eigenvalue weighted by atomic mass is 10.0. The lowest BCUT2D eigenvalue weighted by Crippen LogP contribution is -2.61. The zero-order valence-electron chi connectivity index (χ0n) is 50.8. The van der Waals surface area contributed by atoms with Crippen LogP contribution in [0.2, 0.25) is 0 Å². The number of rotatable bonds is 31. The Morgan fingerprint density at radius 2 is 1.19 bits per heavy atom. The molecule has 10 amide bonds. The molecular weight excluding hydrogens is 1180 g/mol. The van der Waals surface area contributed by atoms with Crippen molar-refractivity contribution >= 4 is 75.9 Å². The number of H-pyrrole nitrogens is 1.